The van der Waals surface area contributed by atoms with Crippen LogP contribution in [-0.2, 0) is 9.53 Å². The van der Waals surface area contributed by atoms with Crippen LogP contribution in [0, 0.1) is 0 Å². The van der Waals surface area contributed by atoms with Crippen molar-refractivity contribution in [1.82, 2.24) is 19.4 Å². The highest BCUT2D eigenvalue weighted by molar-refractivity contribution is 7.14. The van der Waals surface area contributed by atoms with Gasteiger partial charge in [-0.3, -0.25) is 14.5 Å². The maximum atomic E-state index is 13.7. The first-order chi connectivity index (χ1) is 20.9. The molecule has 2 aromatic heterocycles. The molecule has 1 fully saturated rings. The molecule has 0 saturated carbocycles. The van der Waals surface area contributed by atoms with Gasteiger partial charge < -0.3 is 24.9 Å². The Kier molecular flexibility index (Phi) is 9.70. The van der Waals surface area contributed by atoms with Gasteiger partial charge in [0.05, 0.1) is 13.2 Å². The predicted molar refractivity (Wildman–Crippen MR) is 164 cm³/mol. The van der Waals surface area contributed by atoms with E-state index in [4.69, 9.17) is 9.47 Å². The summed E-state index contributed by atoms with van der Waals surface area (Å²) >= 11 is 1.13. The Labute approximate surface area is 253 Å². The molecule has 1 saturated heterocycles. The smallest absolute Gasteiger partial charge is 0.329 e. The highest BCUT2D eigenvalue weighted by Gasteiger charge is 2.34. The lowest BCUT2D eigenvalue weighted by Crippen LogP contribution is -2.38. The molecule has 4 aromatic rings. The van der Waals surface area contributed by atoms with E-state index in [9.17, 15) is 19.5 Å². The van der Waals surface area contributed by atoms with Gasteiger partial charge in [0.1, 0.15) is 29.8 Å². The first kappa shape index (κ1) is 30.2. The second-order valence-corrected chi connectivity index (χ2v) is 11.1. The van der Waals surface area contributed by atoms with Crippen molar-refractivity contribution in [3.8, 4) is 22.9 Å². The molecule has 0 spiro atoms. The molecule has 12 heteroatoms. The van der Waals surface area contributed by atoms with E-state index in [1.807, 2.05) is 37.3 Å². The predicted octanol–water partition coefficient (Wildman–Crippen LogP) is 4.29. The Morgan fingerprint density at radius 1 is 1.14 bits per heavy atom. The molecule has 1 amide bonds. The van der Waals surface area contributed by atoms with Gasteiger partial charge in [-0.25, -0.2) is 14.3 Å². The molecule has 3 heterocycles. The van der Waals surface area contributed by atoms with Gasteiger partial charge in [-0.15, -0.1) is 11.3 Å². The Morgan fingerprint density at radius 2 is 1.86 bits per heavy atom. The van der Waals surface area contributed by atoms with E-state index in [1.54, 1.807) is 36.6 Å². The topological polar surface area (TPSA) is 139 Å². The van der Waals surface area contributed by atoms with Crippen LogP contribution >= 0.6 is 11.3 Å². The van der Waals surface area contributed by atoms with Crippen molar-refractivity contribution in [2.24, 2.45) is 0 Å². The SMILES string of the molecule is CCC(=O)c1csc(NC(=O)[C@H]([C@@H](C)c2ccccc2)n2c(O)c(-c3ccc(OCCN4CCOCC4)cc3)[nH]c2=O)n1. The summed E-state index contributed by atoms with van der Waals surface area (Å²) in [6.45, 7) is 8.11. The Bertz CT molecular complexity index is 1590. The summed E-state index contributed by atoms with van der Waals surface area (Å²) in [5.74, 6) is -0.892. The number of amides is 1. The second-order valence-electron chi connectivity index (χ2n) is 10.3. The average molecular weight is 606 g/mol. The van der Waals surface area contributed by atoms with Crippen LogP contribution in [0.2, 0.25) is 0 Å². The molecular weight excluding hydrogens is 570 g/mol. The maximum absolute atomic E-state index is 13.7. The molecule has 11 nitrogen and oxygen atoms in total. The molecule has 3 N–H and O–H groups in total. The highest BCUT2D eigenvalue weighted by atomic mass is 32.1. The van der Waals surface area contributed by atoms with Crippen LogP contribution in [0.1, 0.15) is 48.3 Å². The molecule has 0 bridgehead atoms. The van der Waals surface area contributed by atoms with Gasteiger partial charge in [-0.1, -0.05) is 44.2 Å². The number of carbonyl (C=O) groups is 2. The van der Waals surface area contributed by atoms with Crippen LogP contribution < -0.4 is 15.7 Å². The number of carbonyl (C=O) groups excluding carboxylic acids is 2. The van der Waals surface area contributed by atoms with Crippen LogP contribution in [-0.4, -0.2) is 75.7 Å². The molecule has 0 unspecified atom stereocenters. The van der Waals surface area contributed by atoms with E-state index in [0.717, 1.165) is 54.3 Å². The van der Waals surface area contributed by atoms with Crippen LogP contribution in [0.15, 0.2) is 64.8 Å². The number of hydrogen-bond acceptors (Lipinski definition) is 9. The second kappa shape index (κ2) is 13.8. The van der Waals surface area contributed by atoms with Crippen molar-refractivity contribution in [2.75, 3.05) is 44.8 Å². The molecule has 0 radical (unpaired) electrons. The number of aromatic hydroxyl groups is 1. The number of ketones is 1. The van der Waals surface area contributed by atoms with Crippen LogP contribution in [0.3, 0.4) is 0 Å². The van der Waals surface area contributed by atoms with Gasteiger partial charge in [0.2, 0.25) is 11.8 Å². The number of morpholine rings is 1. The molecule has 0 aliphatic carbocycles. The molecule has 43 heavy (non-hydrogen) atoms. The Hall–Kier alpha value is -4.26. The molecule has 5 rings (SSSR count). The van der Waals surface area contributed by atoms with E-state index >= 15 is 0 Å². The zero-order chi connectivity index (χ0) is 30.3. The number of anilines is 1. The van der Waals surface area contributed by atoms with Crippen molar-refractivity contribution < 1.29 is 24.2 Å². The number of imidazole rings is 1. The number of nitrogens with zero attached hydrogens (tertiary/aromatic N) is 3. The van der Waals surface area contributed by atoms with Gasteiger partial charge in [0.25, 0.3) is 0 Å². The number of aromatic amines is 1. The van der Waals surface area contributed by atoms with E-state index in [2.05, 4.69) is 20.2 Å². The molecule has 2 atom stereocenters. The largest absolute Gasteiger partial charge is 0.493 e. The van der Waals surface area contributed by atoms with Crippen molar-refractivity contribution in [2.45, 2.75) is 32.2 Å². The highest BCUT2D eigenvalue weighted by Crippen LogP contribution is 2.36. The first-order valence-corrected chi connectivity index (χ1v) is 15.1. The fraction of sp³-hybridized carbons (Fsp3) is 0.355. The van der Waals surface area contributed by atoms with E-state index in [1.165, 1.54) is 0 Å². The van der Waals surface area contributed by atoms with Crippen molar-refractivity contribution in [1.29, 1.82) is 0 Å². The normalized spacial score (nSPS) is 15.1. The number of hydrogen-bond donors (Lipinski definition) is 3. The number of H-pyrrole nitrogens is 1. The van der Waals surface area contributed by atoms with Crippen LogP contribution in [0.4, 0.5) is 5.13 Å². The zero-order valence-electron chi connectivity index (χ0n) is 24.1. The number of nitrogens with one attached hydrogen (secondary N) is 2. The summed E-state index contributed by atoms with van der Waals surface area (Å²) in [4.78, 5) is 48.4. The first-order valence-electron chi connectivity index (χ1n) is 14.3. The standard InChI is InChI=1S/C31H35N5O6S/c1-3-25(37)24-19-43-30(32-24)34-28(38)27(20(2)21-7-5-4-6-8-21)36-29(39)26(33-31(36)40)22-9-11-23(12-10-22)42-18-15-35-13-16-41-17-14-35/h4-12,19-20,27,39H,3,13-18H2,1-2H3,(H,33,40)(H,32,34,38)/t20-,27-/m0/s1. The minimum Gasteiger partial charge on any atom is -0.493 e. The van der Waals surface area contributed by atoms with Crippen molar-refractivity contribution in [3.63, 3.8) is 0 Å². The summed E-state index contributed by atoms with van der Waals surface area (Å²) in [6, 6.07) is 15.2. The summed E-state index contributed by atoms with van der Waals surface area (Å²) < 4.78 is 12.3. The number of thiazole rings is 1. The van der Waals surface area contributed by atoms with Gasteiger partial charge in [0.15, 0.2) is 10.9 Å². The maximum Gasteiger partial charge on any atom is 0.329 e. The lowest BCUT2D eigenvalue weighted by molar-refractivity contribution is -0.120. The Balaban J connectivity index is 1.38. The van der Waals surface area contributed by atoms with E-state index in [-0.39, 0.29) is 28.2 Å². The Morgan fingerprint density at radius 3 is 2.56 bits per heavy atom. The third kappa shape index (κ3) is 7.04. The third-order valence-electron chi connectivity index (χ3n) is 7.51. The van der Waals surface area contributed by atoms with Gasteiger partial charge in [-0.05, 0) is 29.8 Å². The molecule has 2 aromatic carbocycles. The molecule has 1 aliphatic rings. The summed E-state index contributed by atoms with van der Waals surface area (Å²) in [5.41, 5.74) is 1.18. The molecule has 226 valence electrons. The van der Waals surface area contributed by atoms with Crippen LogP contribution in [0.5, 0.6) is 11.6 Å². The molecular formula is C31H35N5O6S. The summed E-state index contributed by atoms with van der Waals surface area (Å²) in [7, 11) is 0. The lowest BCUT2D eigenvalue weighted by atomic mass is 9.92. The van der Waals surface area contributed by atoms with Gasteiger partial charge in [0, 0.05) is 42.9 Å². The number of aromatic nitrogens is 3. The quantitative estimate of drug-likeness (QED) is 0.203. The summed E-state index contributed by atoms with van der Waals surface area (Å²) in [5, 5.41) is 15.9. The fourth-order valence-corrected chi connectivity index (χ4v) is 5.78. The van der Waals surface area contributed by atoms with Crippen molar-refractivity contribution in [3.05, 3.63) is 81.7 Å². The minimum atomic E-state index is -1.13. The number of benzene rings is 2. The van der Waals surface area contributed by atoms with Crippen LogP contribution in [0.25, 0.3) is 11.3 Å². The van der Waals surface area contributed by atoms with Crippen molar-refractivity contribution >= 4 is 28.2 Å². The van der Waals surface area contributed by atoms with E-state index < -0.39 is 23.6 Å². The monoisotopic (exact) mass is 605 g/mol. The number of ether oxygens (including phenoxy) is 2. The fourth-order valence-electron chi connectivity index (χ4n) is 5.06. The minimum absolute atomic E-state index is 0.136. The average Bonchev–Trinajstić information content (AvgIpc) is 3.62. The number of rotatable bonds is 12. The third-order valence-corrected chi connectivity index (χ3v) is 8.27. The number of Topliss-reactive ketones (excluding diaryl/α,β-unsaturated/α-hetero) is 1. The lowest BCUT2D eigenvalue weighted by Gasteiger charge is -2.26. The van der Waals surface area contributed by atoms with E-state index in [0.29, 0.717) is 24.3 Å². The van der Waals surface area contributed by atoms with Gasteiger partial charge in [-0.2, -0.15) is 0 Å². The molecule has 1 aliphatic heterocycles. The zero-order valence-corrected chi connectivity index (χ0v) is 24.9. The van der Waals surface area contributed by atoms with Gasteiger partial charge >= 0.3 is 5.69 Å². The summed E-state index contributed by atoms with van der Waals surface area (Å²) in [6.07, 6.45) is 0.293.